The number of ether oxygens (including phenoxy) is 1. The van der Waals surface area contributed by atoms with Gasteiger partial charge in [-0.25, -0.2) is 0 Å². The van der Waals surface area contributed by atoms with Crippen LogP contribution in [0.1, 0.15) is 28.6 Å². The lowest BCUT2D eigenvalue weighted by atomic mass is 10.2. The third-order valence-electron chi connectivity index (χ3n) is 4.07. The van der Waals surface area contributed by atoms with E-state index in [9.17, 15) is 9.59 Å². The van der Waals surface area contributed by atoms with E-state index in [1.165, 1.54) is 12.3 Å². The number of nitrogens with one attached hydrogen (secondary N) is 2. The van der Waals surface area contributed by atoms with Crippen LogP contribution in [0.5, 0.6) is 5.75 Å². The van der Waals surface area contributed by atoms with Gasteiger partial charge < -0.3 is 19.8 Å². The molecule has 2 N–H and O–H groups in total. The predicted molar refractivity (Wildman–Crippen MR) is 110 cm³/mol. The highest BCUT2D eigenvalue weighted by atomic mass is 16.5. The highest BCUT2D eigenvalue weighted by Gasteiger charge is 2.15. The zero-order valence-corrected chi connectivity index (χ0v) is 16.1. The van der Waals surface area contributed by atoms with Gasteiger partial charge in [-0.05, 0) is 37.3 Å². The van der Waals surface area contributed by atoms with Crippen molar-refractivity contribution in [2.75, 3.05) is 6.61 Å². The first-order chi connectivity index (χ1) is 14.2. The summed E-state index contributed by atoms with van der Waals surface area (Å²) in [6.45, 7) is 2.69. The van der Waals surface area contributed by atoms with E-state index in [-0.39, 0.29) is 18.1 Å². The van der Waals surface area contributed by atoms with E-state index >= 15 is 0 Å². The molecule has 0 atom stereocenters. The number of benzene rings is 2. The number of furan rings is 1. The van der Waals surface area contributed by atoms with Gasteiger partial charge in [0.2, 0.25) is 0 Å². The van der Waals surface area contributed by atoms with E-state index < -0.39 is 5.91 Å². The molecule has 29 heavy (non-hydrogen) atoms. The third kappa shape index (κ3) is 5.59. The molecule has 3 aromatic rings. The van der Waals surface area contributed by atoms with Crippen molar-refractivity contribution in [3.8, 4) is 5.75 Å². The fraction of sp³-hybridized carbons (Fsp3) is 0.130. The minimum atomic E-state index is -0.433. The molecule has 3 rings (SSSR count). The van der Waals surface area contributed by atoms with Gasteiger partial charge in [0.1, 0.15) is 17.2 Å². The van der Waals surface area contributed by atoms with E-state index in [4.69, 9.17) is 9.15 Å². The fourth-order valence-corrected chi connectivity index (χ4v) is 2.67. The van der Waals surface area contributed by atoms with Crippen molar-refractivity contribution in [2.24, 2.45) is 0 Å². The lowest BCUT2D eigenvalue weighted by Crippen LogP contribution is -2.34. The van der Waals surface area contributed by atoms with Crippen LogP contribution < -0.4 is 15.4 Å². The molecule has 0 aliphatic carbocycles. The van der Waals surface area contributed by atoms with Gasteiger partial charge in [0.15, 0.2) is 0 Å². The fourth-order valence-electron chi connectivity index (χ4n) is 2.67. The maximum atomic E-state index is 12.8. The first-order valence-corrected chi connectivity index (χ1v) is 9.28. The average Bonchev–Trinajstić information content (AvgIpc) is 3.26. The Bertz CT molecular complexity index is 979. The molecule has 0 aliphatic heterocycles. The second-order valence-corrected chi connectivity index (χ2v) is 6.12. The van der Waals surface area contributed by atoms with Crippen molar-refractivity contribution in [1.82, 2.24) is 10.6 Å². The molecule has 1 aromatic heterocycles. The monoisotopic (exact) mass is 390 g/mol. The van der Waals surface area contributed by atoms with Gasteiger partial charge in [0, 0.05) is 23.7 Å². The zero-order valence-electron chi connectivity index (χ0n) is 16.1. The largest absolute Gasteiger partial charge is 0.494 e. The summed E-state index contributed by atoms with van der Waals surface area (Å²) in [4.78, 5) is 25.3. The molecule has 2 amide bonds. The van der Waals surface area contributed by atoms with Crippen molar-refractivity contribution >= 4 is 17.9 Å². The topological polar surface area (TPSA) is 80.6 Å². The Morgan fingerprint density at radius 3 is 2.48 bits per heavy atom. The lowest BCUT2D eigenvalue weighted by molar-refractivity contribution is -0.117. The van der Waals surface area contributed by atoms with Crippen LogP contribution in [0.15, 0.2) is 83.1 Å². The van der Waals surface area contributed by atoms with E-state index in [0.717, 1.165) is 5.56 Å². The van der Waals surface area contributed by atoms with Crippen LogP contribution in [0.3, 0.4) is 0 Å². The molecule has 0 bridgehead atoms. The smallest absolute Gasteiger partial charge is 0.268 e. The molecule has 6 heteroatoms. The van der Waals surface area contributed by atoms with E-state index in [1.54, 1.807) is 36.4 Å². The summed E-state index contributed by atoms with van der Waals surface area (Å²) in [6, 6.07) is 19.6. The van der Waals surface area contributed by atoms with Gasteiger partial charge in [0.25, 0.3) is 11.8 Å². The maximum absolute atomic E-state index is 12.8. The molecule has 0 saturated carbocycles. The molecule has 0 aliphatic rings. The highest BCUT2D eigenvalue weighted by molar-refractivity contribution is 6.05. The number of amides is 2. The van der Waals surface area contributed by atoms with Crippen LogP contribution in [0.4, 0.5) is 0 Å². The molecule has 0 spiro atoms. The maximum Gasteiger partial charge on any atom is 0.268 e. The Balaban J connectivity index is 1.76. The van der Waals surface area contributed by atoms with Crippen molar-refractivity contribution in [1.29, 1.82) is 0 Å². The van der Waals surface area contributed by atoms with Gasteiger partial charge in [-0.15, -0.1) is 0 Å². The van der Waals surface area contributed by atoms with Gasteiger partial charge in [-0.1, -0.05) is 36.4 Å². The van der Waals surface area contributed by atoms with Gasteiger partial charge in [-0.2, -0.15) is 0 Å². The molecule has 148 valence electrons. The second kappa shape index (κ2) is 9.94. The minimum absolute atomic E-state index is 0.0858. The summed E-state index contributed by atoms with van der Waals surface area (Å²) in [5, 5.41) is 5.49. The molecular weight excluding hydrogens is 368 g/mol. The van der Waals surface area contributed by atoms with Gasteiger partial charge in [0.05, 0.1) is 12.9 Å². The molecule has 0 saturated heterocycles. The van der Waals surface area contributed by atoms with Gasteiger partial charge >= 0.3 is 0 Å². The van der Waals surface area contributed by atoms with Crippen LogP contribution >= 0.6 is 0 Å². The summed E-state index contributed by atoms with van der Waals surface area (Å²) >= 11 is 0. The van der Waals surface area contributed by atoms with Crippen molar-refractivity contribution in [3.63, 3.8) is 0 Å². The Labute approximate surface area is 169 Å². The number of hydrogen-bond acceptors (Lipinski definition) is 4. The van der Waals surface area contributed by atoms with Crippen LogP contribution in [0, 0.1) is 0 Å². The zero-order chi connectivity index (χ0) is 20.5. The predicted octanol–water partition coefficient (Wildman–Crippen LogP) is 3.77. The normalized spacial score (nSPS) is 11.0. The number of hydrogen-bond donors (Lipinski definition) is 2. The molecule has 1 heterocycles. The highest BCUT2D eigenvalue weighted by Crippen LogP contribution is 2.17. The molecule has 2 aromatic carbocycles. The Kier molecular flexibility index (Phi) is 6.84. The third-order valence-corrected chi connectivity index (χ3v) is 4.07. The van der Waals surface area contributed by atoms with E-state index in [1.807, 2.05) is 37.3 Å². The summed E-state index contributed by atoms with van der Waals surface area (Å²) < 4.78 is 10.9. The Hall–Kier alpha value is -3.80. The Morgan fingerprint density at radius 2 is 1.76 bits per heavy atom. The van der Waals surface area contributed by atoms with Crippen molar-refractivity contribution in [2.45, 2.75) is 13.5 Å². The van der Waals surface area contributed by atoms with E-state index in [0.29, 0.717) is 23.7 Å². The molecule has 0 unspecified atom stereocenters. The second-order valence-electron chi connectivity index (χ2n) is 6.12. The first kappa shape index (κ1) is 19.9. The minimum Gasteiger partial charge on any atom is -0.494 e. The summed E-state index contributed by atoms with van der Waals surface area (Å²) in [7, 11) is 0. The summed E-state index contributed by atoms with van der Waals surface area (Å²) in [5.74, 6) is 0.351. The average molecular weight is 390 g/mol. The molecular formula is C23H22N2O4. The Morgan fingerprint density at radius 1 is 1.00 bits per heavy atom. The number of carbonyl (C=O) groups excluding carboxylic acids is 2. The standard InChI is InChI=1S/C23H22N2O4/c1-2-28-21-13-7-6-11-18(21)16-24-23(27)20(15-19-12-8-14-29-19)25-22(26)17-9-4-3-5-10-17/h3-15H,2,16H2,1H3,(H,24,27)(H,25,26)/b20-15-. The van der Waals surface area contributed by atoms with Crippen LogP contribution in [-0.4, -0.2) is 18.4 Å². The molecule has 0 fully saturated rings. The van der Waals surface area contributed by atoms with Crippen molar-refractivity contribution in [3.05, 3.63) is 95.6 Å². The molecule has 0 radical (unpaired) electrons. The molecule has 6 nitrogen and oxygen atoms in total. The summed E-state index contributed by atoms with van der Waals surface area (Å²) in [6.07, 6.45) is 2.99. The van der Waals surface area contributed by atoms with Gasteiger partial charge in [-0.3, -0.25) is 9.59 Å². The van der Waals surface area contributed by atoms with Crippen molar-refractivity contribution < 1.29 is 18.7 Å². The lowest BCUT2D eigenvalue weighted by Gasteiger charge is -2.13. The SMILES string of the molecule is CCOc1ccccc1CNC(=O)/C(=C/c1ccco1)NC(=O)c1ccccc1. The van der Waals surface area contributed by atoms with Crippen LogP contribution in [-0.2, 0) is 11.3 Å². The van der Waals surface area contributed by atoms with Crippen LogP contribution in [0.2, 0.25) is 0 Å². The number of carbonyl (C=O) groups is 2. The quantitative estimate of drug-likeness (QED) is 0.574. The number of para-hydroxylation sites is 1. The summed E-state index contributed by atoms with van der Waals surface area (Å²) in [5.41, 5.74) is 1.38. The van der Waals surface area contributed by atoms with E-state index in [2.05, 4.69) is 10.6 Å². The number of rotatable bonds is 8. The first-order valence-electron chi connectivity index (χ1n) is 9.28. The van der Waals surface area contributed by atoms with Crippen LogP contribution in [0.25, 0.3) is 6.08 Å².